The van der Waals surface area contributed by atoms with Crippen molar-refractivity contribution in [2.45, 2.75) is 26.7 Å². The van der Waals surface area contributed by atoms with Crippen molar-refractivity contribution in [1.29, 1.82) is 0 Å². The molecular formula is C13H20N2O3. The van der Waals surface area contributed by atoms with Crippen LogP contribution in [0.1, 0.15) is 37.0 Å². The minimum Gasteiger partial charge on any atom is -0.472 e. The summed E-state index contributed by atoms with van der Waals surface area (Å²) >= 11 is 0. The maximum absolute atomic E-state index is 11.5. The van der Waals surface area contributed by atoms with Crippen LogP contribution in [0.2, 0.25) is 0 Å². The van der Waals surface area contributed by atoms with Crippen molar-refractivity contribution in [3.63, 3.8) is 0 Å². The molecule has 0 bridgehead atoms. The molecule has 1 aromatic rings. The molecule has 0 saturated carbocycles. The molecule has 0 saturated heterocycles. The van der Waals surface area contributed by atoms with Gasteiger partial charge in [-0.15, -0.1) is 0 Å². The van der Waals surface area contributed by atoms with E-state index in [4.69, 9.17) is 4.42 Å². The van der Waals surface area contributed by atoms with Gasteiger partial charge in [0.25, 0.3) is 5.91 Å². The monoisotopic (exact) mass is 252 g/mol. The van der Waals surface area contributed by atoms with Gasteiger partial charge in [0.05, 0.1) is 11.8 Å². The summed E-state index contributed by atoms with van der Waals surface area (Å²) in [6, 6.07) is 1.58. The van der Waals surface area contributed by atoms with Crippen LogP contribution >= 0.6 is 0 Å². The number of amides is 2. The van der Waals surface area contributed by atoms with Gasteiger partial charge in [-0.3, -0.25) is 9.59 Å². The first-order valence-corrected chi connectivity index (χ1v) is 6.16. The summed E-state index contributed by atoms with van der Waals surface area (Å²) in [7, 11) is 0. The lowest BCUT2D eigenvalue weighted by Gasteiger charge is -2.07. The standard InChI is InChI=1S/C13H20N2O3/c1-10(2)3-6-14-12(16)4-7-15-13(17)11-5-8-18-9-11/h5,8-10H,3-4,6-7H2,1-2H3,(H,14,16)(H,15,17). The summed E-state index contributed by atoms with van der Waals surface area (Å²) in [4.78, 5) is 22.9. The van der Waals surface area contributed by atoms with Gasteiger partial charge in [-0.05, 0) is 18.4 Å². The van der Waals surface area contributed by atoms with E-state index in [0.29, 0.717) is 31.0 Å². The first-order chi connectivity index (χ1) is 8.59. The number of nitrogens with one attached hydrogen (secondary N) is 2. The molecule has 0 unspecified atom stereocenters. The molecule has 2 amide bonds. The summed E-state index contributed by atoms with van der Waals surface area (Å²) in [5.74, 6) is 0.313. The molecule has 5 heteroatoms. The number of carbonyl (C=O) groups excluding carboxylic acids is 2. The van der Waals surface area contributed by atoms with Gasteiger partial charge in [-0.25, -0.2) is 0 Å². The first-order valence-electron chi connectivity index (χ1n) is 6.16. The van der Waals surface area contributed by atoms with E-state index in [2.05, 4.69) is 24.5 Å². The molecule has 0 aliphatic rings. The van der Waals surface area contributed by atoms with Gasteiger partial charge in [0.1, 0.15) is 6.26 Å². The van der Waals surface area contributed by atoms with E-state index in [-0.39, 0.29) is 11.8 Å². The highest BCUT2D eigenvalue weighted by Gasteiger charge is 2.07. The Morgan fingerprint density at radius 3 is 2.67 bits per heavy atom. The predicted molar refractivity (Wildman–Crippen MR) is 68.1 cm³/mol. The molecule has 1 heterocycles. The number of carbonyl (C=O) groups is 2. The van der Waals surface area contributed by atoms with E-state index < -0.39 is 0 Å². The summed E-state index contributed by atoms with van der Waals surface area (Å²) in [6.45, 7) is 5.23. The molecule has 5 nitrogen and oxygen atoms in total. The third-order valence-electron chi connectivity index (χ3n) is 2.46. The molecule has 100 valence electrons. The Bertz CT molecular complexity index is 372. The third-order valence-corrected chi connectivity index (χ3v) is 2.46. The zero-order chi connectivity index (χ0) is 13.4. The van der Waals surface area contributed by atoms with Crippen LogP contribution in [0.4, 0.5) is 0 Å². The summed E-state index contributed by atoms with van der Waals surface area (Å²) in [5, 5.41) is 5.47. The van der Waals surface area contributed by atoms with Crippen molar-refractivity contribution in [2.75, 3.05) is 13.1 Å². The highest BCUT2D eigenvalue weighted by Crippen LogP contribution is 1.99. The fraction of sp³-hybridized carbons (Fsp3) is 0.538. The topological polar surface area (TPSA) is 71.3 Å². The smallest absolute Gasteiger partial charge is 0.254 e. The lowest BCUT2D eigenvalue weighted by molar-refractivity contribution is -0.120. The molecule has 0 radical (unpaired) electrons. The minimum absolute atomic E-state index is 0.0388. The quantitative estimate of drug-likeness (QED) is 0.773. The number of hydrogen-bond donors (Lipinski definition) is 2. The number of rotatable bonds is 7. The van der Waals surface area contributed by atoms with Crippen LogP contribution in [0.15, 0.2) is 23.0 Å². The van der Waals surface area contributed by atoms with Gasteiger partial charge >= 0.3 is 0 Å². The van der Waals surface area contributed by atoms with Gasteiger partial charge in [0.15, 0.2) is 0 Å². The SMILES string of the molecule is CC(C)CCNC(=O)CCNC(=O)c1ccoc1. The van der Waals surface area contributed by atoms with Gasteiger partial charge in [-0.1, -0.05) is 13.8 Å². The Balaban J connectivity index is 2.10. The highest BCUT2D eigenvalue weighted by atomic mass is 16.3. The number of hydrogen-bond acceptors (Lipinski definition) is 3. The zero-order valence-corrected chi connectivity index (χ0v) is 10.9. The van der Waals surface area contributed by atoms with E-state index in [9.17, 15) is 9.59 Å². The molecule has 0 aliphatic carbocycles. The molecule has 1 rings (SSSR count). The Hall–Kier alpha value is -1.78. The molecule has 0 spiro atoms. The molecule has 0 fully saturated rings. The van der Waals surface area contributed by atoms with E-state index in [0.717, 1.165) is 6.42 Å². The fourth-order valence-corrected chi connectivity index (χ4v) is 1.37. The second-order valence-electron chi connectivity index (χ2n) is 4.55. The first kappa shape index (κ1) is 14.3. The lowest BCUT2D eigenvalue weighted by Crippen LogP contribution is -2.31. The molecule has 2 N–H and O–H groups in total. The van der Waals surface area contributed by atoms with Crippen LogP contribution in [0.25, 0.3) is 0 Å². The van der Waals surface area contributed by atoms with E-state index in [1.165, 1.54) is 12.5 Å². The van der Waals surface area contributed by atoms with Crippen molar-refractivity contribution in [3.05, 3.63) is 24.2 Å². The highest BCUT2D eigenvalue weighted by molar-refractivity contribution is 5.93. The van der Waals surface area contributed by atoms with Gasteiger partial charge in [-0.2, -0.15) is 0 Å². The second kappa shape index (κ2) is 7.53. The predicted octanol–water partition coefficient (Wildman–Crippen LogP) is 1.56. The summed E-state index contributed by atoms with van der Waals surface area (Å²) in [5.41, 5.74) is 0.468. The lowest BCUT2D eigenvalue weighted by atomic mass is 10.1. The van der Waals surface area contributed by atoms with Crippen molar-refractivity contribution in [1.82, 2.24) is 10.6 Å². The molecular weight excluding hydrogens is 232 g/mol. The minimum atomic E-state index is -0.223. The maximum atomic E-state index is 11.5. The third kappa shape index (κ3) is 5.52. The Morgan fingerprint density at radius 2 is 2.06 bits per heavy atom. The van der Waals surface area contributed by atoms with E-state index >= 15 is 0 Å². The van der Waals surface area contributed by atoms with E-state index in [1.807, 2.05) is 0 Å². The molecule has 0 aromatic carbocycles. The van der Waals surface area contributed by atoms with Crippen molar-refractivity contribution in [3.8, 4) is 0 Å². The Kier molecular flexibility index (Phi) is 5.97. The van der Waals surface area contributed by atoms with Gasteiger partial charge in [0, 0.05) is 19.5 Å². The summed E-state index contributed by atoms with van der Waals surface area (Å²) in [6.07, 6.45) is 4.07. The average Bonchev–Trinajstić information content (AvgIpc) is 2.81. The van der Waals surface area contributed by atoms with Crippen LogP contribution in [0.5, 0.6) is 0 Å². The largest absolute Gasteiger partial charge is 0.472 e. The molecule has 0 aliphatic heterocycles. The van der Waals surface area contributed by atoms with Gasteiger partial charge in [0.2, 0.25) is 5.91 Å². The normalized spacial score (nSPS) is 10.4. The molecule has 18 heavy (non-hydrogen) atoms. The van der Waals surface area contributed by atoms with Crippen molar-refractivity contribution in [2.24, 2.45) is 5.92 Å². The van der Waals surface area contributed by atoms with Crippen LogP contribution in [-0.4, -0.2) is 24.9 Å². The molecule has 0 atom stereocenters. The van der Waals surface area contributed by atoms with Gasteiger partial charge < -0.3 is 15.1 Å². The Labute approximate surface area is 107 Å². The average molecular weight is 252 g/mol. The summed E-state index contributed by atoms with van der Waals surface area (Å²) < 4.78 is 4.80. The van der Waals surface area contributed by atoms with Crippen molar-refractivity contribution < 1.29 is 14.0 Å². The van der Waals surface area contributed by atoms with Crippen LogP contribution in [-0.2, 0) is 4.79 Å². The maximum Gasteiger partial charge on any atom is 0.254 e. The van der Waals surface area contributed by atoms with Crippen LogP contribution < -0.4 is 10.6 Å². The van der Waals surface area contributed by atoms with Crippen LogP contribution in [0, 0.1) is 5.92 Å². The number of furan rings is 1. The van der Waals surface area contributed by atoms with Crippen LogP contribution in [0.3, 0.4) is 0 Å². The Morgan fingerprint density at radius 1 is 1.28 bits per heavy atom. The zero-order valence-electron chi connectivity index (χ0n) is 10.9. The second-order valence-corrected chi connectivity index (χ2v) is 4.55. The fourth-order valence-electron chi connectivity index (χ4n) is 1.37. The molecule has 1 aromatic heterocycles. The van der Waals surface area contributed by atoms with Crippen molar-refractivity contribution >= 4 is 11.8 Å². The van der Waals surface area contributed by atoms with E-state index in [1.54, 1.807) is 6.07 Å².